The lowest BCUT2D eigenvalue weighted by atomic mass is 10.1. The molecule has 1 fully saturated rings. The molecule has 1 aromatic rings. The van der Waals surface area contributed by atoms with Crippen molar-refractivity contribution in [3.8, 4) is 0 Å². The first kappa shape index (κ1) is 19.8. The standard InChI is InChI=1S/C17H19ClFN3O4S/c1-21(9-12-13(18)3-2-4-14(12)19)17(24)15-5-6-16(23)22(20-15)11-7-8-27(25,26)10-11/h2-4,11H,5-10H2,1H3/t11-/m0/s1. The van der Waals surface area contributed by atoms with Crippen molar-refractivity contribution in [2.45, 2.75) is 31.8 Å². The predicted octanol–water partition coefficient (Wildman–Crippen LogP) is 1.60. The van der Waals surface area contributed by atoms with Crippen molar-refractivity contribution in [1.82, 2.24) is 9.91 Å². The molecule has 2 aliphatic heterocycles. The zero-order valence-corrected chi connectivity index (χ0v) is 16.3. The van der Waals surface area contributed by atoms with Crippen LogP contribution in [0.15, 0.2) is 23.3 Å². The lowest BCUT2D eigenvalue weighted by molar-refractivity contribution is -0.134. The molecule has 10 heteroatoms. The fraction of sp³-hybridized carbons (Fsp3) is 0.471. The summed E-state index contributed by atoms with van der Waals surface area (Å²) in [7, 11) is -1.69. The van der Waals surface area contributed by atoms with Gasteiger partial charge in [-0.05, 0) is 18.6 Å². The zero-order valence-electron chi connectivity index (χ0n) is 14.7. The minimum absolute atomic E-state index is 0.00589. The smallest absolute Gasteiger partial charge is 0.270 e. The maximum Gasteiger partial charge on any atom is 0.270 e. The number of rotatable bonds is 4. The van der Waals surface area contributed by atoms with E-state index in [0.717, 1.165) is 5.01 Å². The summed E-state index contributed by atoms with van der Waals surface area (Å²) in [4.78, 5) is 26.1. The van der Waals surface area contributed by atoms with Crippen LogP contribution in [-0.4, -0.2) is 60.4 Å². The molecule has 0 aromatic heterocycles. The van der Waals surface area contributed by atoms with Crippen molar-refractivity contribution >= 4 is 39.0 Å². The number of hydrogen-bond acceptors (Lipinski definition) is 5. The van der Waals surface area contributed by atoms with Crippen LogP contribution in [-0.2, 0) is 26.0 Å². The van der Waals surface area contributed by atoms with Crippen molar-refractivity contribution in [2.24, 2.45) is 5.10 Å². The van der Waals surface area contributed by atoms with Gasteiger partial charge in [0.2, 0.25) is 5.91 Å². The van der Waals surface area contributed by atoms with E-state index < -0.39 is 27.6 Å². The van der Waals surface area contributed by atoms with Crippen LogP contribution in [0.4, 0.5) is 4.39 Å². The molecule has 0 bridgehead atoms. The Labute approximate surface area is 161 Å². The molecule has 7 nitrogen and oxygen atoms in total. The summed E-state index contributed by atoms with van der Waals surface area (Å²) >= 11 is 6.00. The number of amides is 2. The fourth-order valence-electron chi connectivity index (χ4n) is 3.19. The van der Waals surface area contributed by atoms with E-state index in [2.05, 4.69) is 5.10 Å². The maximum atomic E-state index is 13.9. The van der Waals surface area contributed by atoms with Crippen molar-refractivity contribution in [1.29, 1.82) is 0 Å². The first-order chi connectivity index (χ1) is 12.7. The lowest BCUT2D eigenvalue weighted by Crippen LogP contribution is -2.44. The van der Waals surface area contributed by atoms with Crippen LogP contribution in [0.3, 0.4) is 0 Å². The number of halogens is 2. The quantitative estimate of drug-likeness (QED) is 0.747. The molecule has 1 atom stereocenters. The Morgan fingerprint density at radius 1 is 1.41 bits per heavy atom. The van der Waals surface area contributed by atoms with E-state index in [1.807, 2.05) is 0 Å². The van der Waals surface area contributed by atoms with E-state index >= 15 is 0 Å². The number of hydrazone groups is 1. The minimum atomic E-state index is -3.19. The molecular weight excluding hydrogens is 397 g/mol. The number of nitrogens with zero attached hydrogens (tertiary/aromatic N) is 3. The topological polar surface area (TPSA) is 87.1 Å². The summed E-state index contributed by atoms with van der Waals surface area (Å²) in [6, 6.07) is 3.74. The second-order valence-corrected chi connectivity index (χ2v) is 9.34. The normalized spacial score (nSPS) is 21.9. The Hall–Kier alpha value is -2.00. The average molecular weight is 416 g/mol. The highest BCUT2D eigenvalue weighted by atomic mass is 35.5. The number of carbonyl (C=O) groups excluding carboxylic acids is 2. The van der Waals surface area contributed by atoms with Gasteiger partial charge in [0.1, 0.15) is 11.5 Å². The van der Waals surface area contributed by atoms with Gasteiger partial charge in [-0.3, -0.25) is 9.59 Å². The Bertz CT molecular complexity index is 899. The molecule has 0 N–H and O–H groups in total. The van der Waals surface area contributed by atoms with Gasteiger partial charge >= 0.3 is 0 Å². The third-order valence-corrected chi connectivity index (χ3v) is 6.77. The molecule has 0 aliphatic carbocycles. The van der Waals surface area contributed by atoms with Gasteiger partial charge in [-0.25, -0.2) is 17.8 Å². The van der Waals surface area contributed by atoms with Crippen LogP contribution >= 0.6 is 11.6 Å². The monoisotopic (exact) mass is 415 g/mol. The van der Waals surface area contributed by atoms with E-state index in [1.54, 1.807) is 0 Å². The SMILES string of the molecule is CN(Cc1c(F)cccc1Cl)C(=O)C1=NN([C@H]2CCS(=O)(=O)C2)C(=O)CC1. The molecular formula is C17H19ClFN3O4S. The summed E-state index contributed by atoms with van der Waals surface area (Å²) in [5, 5.41) is 5.48. The highest BCUT2D eigenvalue weighted by Gasteiger charge is 2.37. The van der Waals surface area contributed by atoms with Crippen LogP contribution < -0.4 is 0 Å². The lowest BCUT2D eigenvalue weighted by Gasteiger charge is -2.29. The molecule has 146 valence electrons. The van der Waals surface area contributed by atoms with E-state index in [9.17, 15) is 22.4 Å². The van der Waals surface area contributed by atoms with Gasteiger partial charge < -0.3 is 4.90 Å². The average Bonchev–Trinajstić information content (AvgIpc) is 2.97. The van der Waals surface area contributed by atoms with Crippen LogP contribution in [0.5, 0.6) is 0 Å². The van der Waals surface area contributed by atoms with Crippen LogP contribution in [0.25, 0.3) is 0 Å². The summed E-state index contributed by atoms with van der Waals surface area (Å²) in [5.74, 6) is -1.40. The van der Waals surface area contributed by atoms with E-state index in [1.165, 1.54) is 30.1 Å². The Balaban J connectivity index is 1.77. The van der Waals surface area contributed by atoms with Crippen LogP contribution in [0.2, 0.25) is 5.02 Å². The molecule has 0 spiro atoms. The molecule has 27 heavy (non-hydrogen) atoms. The molecule has 1 aromatic carbocycles. The van der Waals surface area contributed by atoms with Crippen molar-refractivity contribution in [3.63, 3.8) is 0 Å². The van der Waals surface area contributed by atoms with Gasteiger partial charge in [0.15, 0.2) is 9.84 Å². The summed E-state index contributed by atoms with van der Waals surface area (Å²) in [6.45, 7) is -0.0465. The maximum absolute atomic E-state index is 13.9. The third kappa shape index (κ3) is 4.30. The highest BCUT2D eigenvalue weighted by molar-refractivity contribution is 7.91. The number of carbonyl (C=O) groups is 2. The number of benzene rings is 1. The third-order valence-electron chi connectivity index (χ3n) is 4.66. The Morgan fingerprint density at radius 2 is 2.15 bits per heavy atom. The molecule has 0 radical (unpaired) electrons. The van der Waals surface area contributed by atoms with Gasteiger partial charge in [0.25, 0.3) is 5.91 Å². The van der Waals surface area contributed by atoms with Gasteiger partial charge in [-0.15, -0.1) is 0 Å². The summed E-state index contributed by atoms with van der Waals surface area (Å²) in [5.41, 5.74) is 0.343. The van der Waals surface area contributed by atoms with Gasteiger partial charge in [0, 0.05) is 30.5 Å². The number of sulfone groups is 1. The van der Waals surface area contributed by atoms with E-state index in [0.29, 0.717) is 6.42 Å². The first-order valence-electron chi connectivity index (χ1n) is 8.46. The molecule has 0 unspecified atom stereocenters. The molecule has 0 saturated carbocycles. The largest absolute Gasteiger partial charge is 0.336 e. The Morgan fingerprint density at radius 3 is 2.78 bits per heavy atom. The van der Waals surface area contributed by atoms with Crippen molar-refractivity contribution in [3.05, 3.63) is 34.6 Å². The highest BCUT2D eigenvalue weighted by Crippen LogP contribution is 2.24. The van der Waals surface area contributed by atoms with Gasteiger partial charge in [-0.1, -0.05) is 17.7 Å². The van der Waals surface area contributed by atoms with E-state index in [4.69, 9.17) is 11.6 Å². The van der Waals surface area contributed by atoms with Crippen molar-refractivity contribution < 1.29 is 22.4 Å². The number of hydrogen-bond donors (Lipinski definition) is 0. The summed E-state index contributed by atoms with van der Waals surface area (Å²) < 4.78 is 37.3. The van der Waals surface area contributed by atoms with Gasteiger partial charge in [0.05, 0.1) is 24.1 Å². The molecule has 2 aliphatic rings. The Kier molecular flexibility index (Phi) is 5.53. The molecule has 2 heterocycles. The van der Waals surface area contributed by atoms with Crippen molar-refractivity contribution in [2.75, 3.05) is 18.6 Å². The van der Waals surface area contributed by atoms with Crippen LogP contribution in [0.1, 0.15) is 24.8 Å². The second-order valence-electron chi connectivity index (χ2n) is 6.70. The van der Waals surface area contributed by atoms with E-state index in [-0.39, 0.29) is 53.1 Å². The summed E-state index contributed by atoms with van der Waals surface area (Å²) in [6.07, 6.45) is 0.540. The fourth-order valence-corrected chi connectivity index (χ4v) is 5.11. The minimum Gasteiger partial charge on any atom is -0.336 e. The van der Waals surface area contributed by atoms with Crippen LogP contribution in [0, 0.1) is 5.82 Å². The second kappa shape index (κ2) is 7.55. The molecule has 3 rings (SSSR count). The molecule has 1 saturated heterocycles. The van der Waals surface area contributed by atoms with Gasteiger partial charge in [-0.2, -0.15) is 5.10 Å². The molecule has 2 amide bonds. The predicted molar refractivity (Wildman–Crippen MR) is 98.5 cm³/mol. The zero-order chi connectivity index (χ0) is 19.8. The first-order valence-corrected chi connectivity index (χ1v) is 10.7.